The molecule has 7 nitrogen and oxygen atoms in total. The molecule has 3 aromatic rings. The van der Waals surface area contributed by atoms with Crippen molar-refractivity contribution in [1.82, 2.24) is 10.2 Å². The number of benzene rings is 3. The van der Waals surface area contributed by atoms with E-state index in [0.29, 0.717) is 17.0 Å². The summed E-state index contributed by atoms with van der Waals surface area (Å²) in [6.07, 6.45) is 0.706. The average Bonchev–Trinajstić information content (AvgIpc) is 2.92. The zero-order valence-corrected chi connectivity index (χ0v) is 24.9. The van der Waals surface area contributed by atoms with Crippen LogP contribution in [0.5, 0.6) is 0 Å². The number of hydrogen-bond acceptors (Lipinski definition) is 4. The molecule has 0 bridgehead atoms. The molecule has 0 aliphatic carbocycles. The number of carbonyl (C=O) groups is 2. The van der Waals surface area contributed by atoms with Gasteiger partial charge in [-0.25, -0.2) is 8.42 Å². The van der Waals surface area contributed by atoms with Gasteiger partial charge in [-0.05, 0) is 62.2 Å². The van der Waals surface area contributed by atoms with Crippen molar-refractivity contribution in [2.45, 2.75) is 50.7 Å². The van der Waals surface area contributed by atoms with Crippen molar-refractivity contribution < 1.29 is 18.0 Å². The first-order chi connectivity index (χ1) is 18.4. The molecule has 0 heterocycles. The van der Waals surface area contributed by atoms with Crippen molar-refractivity contribution in [3.63, 3.8) is 0 Å². The van der Waals surface area contributed by atoms with Crippen LogP contribution >= 0.6 is 34.8 Å². The molecule has 0 radical (unpaired) electrons. The van der Waals surface area contributed by atoms with E-state index in [1.165, 1.54) is 35.2 Å². The van der Waals surface area contributed by atoms with Crippen molar-refractivity contribution in [3.8, 4) is 0 Å². The van der Waals surface area contributed by atoms with Gasteiger partial charge in [-0.2, -0.15) is 0 Å². The highest BCUT2D eigenvalue weighted by Gasteiger charge is 2.33. The molecule has 0 saturated heterocycles. The monoisotopic (exact) mass is 609 g/mol. The van der Waals surface area contributed by atoms with Crippen LogP contribution in [0.1, 0.15) is 32.8 Å². The van der Waals surface area contributed by atoms with E-state index in [2.05, 4.69) is 5.32 Å². The molecule has 0 aromatic heterocycles. The van der Waals surface area contributed by atoms with Crippen molar-refractivity contribution in [2.24, 2.45) is 0 Å². The van der Waals surface area contributed by atoms with Gasteiger partial charge in [-0.1, -0.05) is 78.1 Å². The Bertz CT molecular complexity index is 1420. The average molecular weight is 611 g/mol. The molecule has 0 spiro atoms. The Balaban J connectivity index is 2.05. The van der Waals surface area contributed by atoms with Crippen LogP contribution in [0.3, 0.4) is 0 Å². The van der Waals surface area contributed by atoms with Gasteiger partial charge in [0.2, 0.25) is 11.8 Å². The second-order valence-corrected chi connectivity index (χ2v) is 12.1. The highest BCUT2D eigenvalue weighted by Crippen LogP contribution is 2.31. The van der Waals surface area contributed by atoms with Crippen LogP contribution in [0.4, 0.5) is 5.69 Å². The molecular weight excluding hydrogens is 581 g/mol. The molecule has 2 atom stereocenters. The summed E-state index contributed by atoms with van der Waals surface area (Å²) in [5.41, 5.74) is 0.763. The summed E-state index contributed by atoms with van der Waals surface area (Å²) in [7, 11) is -4.20. The molecule has 0 fully saturated rings. The standard InChI is InChI=1S/C28H30Cl3N3O4S/c1-4-19(2)32-28(36)20(3)33(17-21-10-8-9-13-24(21)29)27(35)18-34(22-14-15-25(30)26(31)16-22)39(37,38)23-11-6-5-7-12-23/h5-16,19-20H,4,17-18H2,1-3H3,(H,32,36)/t19-,20-/m1/s1. The fourth-order valence-corrected chi connectivity index (χ4v) is 5.66. The zero-order chi connectivity index (χ0) is 28.7. The molecule has 3 rings (SSSR count). The molecule has 2 amide bonds. The lowest BCUT2D eigenvalue weighted by Crippen LogP contribution is -2.52. The normalized spacial score (nSPS) is 12.9. The number of rotatable bonds is 11. The highest BCUT2D eigenvalue weighted by molar-refractivity contribution is 7.92. The second-order valence-electron chi connectivity index (χ2n) is 9.03. The Kier molecular flexibility index (Phi) is 10.7. The van der Waals surface area contributed by atoms with Gasteiger partial charge < -0.3 is 10.2 Å². The van der Waals surface area contributed by atoms with Gasteiger partial charge >= 0.3 is 0 Å². The van der Waals surface area contributed by atoms with Crippen molar-refractivity contribution in [2.75, 3.05) is 10.8 Å². The third kappa shape index (κ3) is 7.66. The van der Waals surface area contributed by atoms with Crippen molar-refractivity contribution in [1.29, 1.82) is 0 Å². The minimum atomic E-state index is -4.20. The van der Waals surface area contributed by atoms with Gasteiger partial charge in [0.25, 0.3) is 10.0 Å². The molecule has 0 saturated carbocycles. The maximum Gasteiger partial charge on any atom is 0.264 e. The number of carbonyl (C=O) groups excluding carboxylic acids is 2. The maximum atomic E-state index is 13.9. The lowest BCUT2D eigenvalue weighted by atomic mass is 10.1. The molecular formula is C28H30Cl3N3O4S. The van der Waals surface area contributed by atoms with Crippen LogP contribution in [0.25, 0.3) is 0 Å². The Labute approximate surface area is 244 Å². The van der Waals surface area contributed by atoms with Crippen LogP contribution in [0, 0.1) is 0 Å². The Morgan fingerprint density at radius 2 is 1.51 bits per heavy atom. The van der Waals surface area contributed by atoms with E-state index in [9.17, 15) is 18.0 Å². The number of anilines is 1. The summed E-state index contributed by atoms with van der Waals surface area (Å²) in [6.45, 7) is 4.80. The maximum absolute atomic E-state index is 13.9. The summed E-state index contributed by atoms with van der Waals surface area (Å²) in [5.74, 6) is -0.968. The number of halogens is 3. The largest absolute Gasteiger partial charge is 0.352 e. The predicted molar refractivity (Wildman–Crippen MR) is 157 cm³/mol. The SMILES string of the molecule is CC[C@@H](C)NC(=O)[C@@H](C)N(Cc1ccccc1Cl)C(=O)CN(c1ccc(Cl)c(Cl)c1)S(=O)(=O)c1ccccc1. The molecule has 11 heteroatoms. The first-order valence-electron chi connectivity index (χ1n) is 12.3. The summed E-state index contributed by atoms with van der Waals surface area (Å²) in [6, 6.07) is 18.0. The Hall–Kier alpha value is -2.78. The van der Waals surface area contributed by atoms with Crippen LogP contribution in [-0.4, -0.2) is 43.8 Å². The van der Waals surface area contributed by atoms with E-state index in [-0.39, 0.29) is 39.1 Å². The molecule has 0 unspecified atom stereocenters. The second kappa shape index (κ2) is 13.5. The van der Waals surface area contributed by atoms with Gasteiger partial charge in [-0.3, -0.25) is 13.9 Å². The minimum Gasteiger partial charge on any atom is -0.352 e. The number of nitrogens with zero attached hydrogens (tertiary/aromatic N) is 2. The quantitative estimate of drug-likeness (QED) is 0.281. The van der Waals surface area contributed by atoms with E-state index < -0.39 is 28.5 Å². The van der Waals surface area contributed by atoms with E-state index >= 15 is 0 Å². The lowest BCUT2D eigenvalue weighted by Gasteiger charge is -2.32. The van der Waals surface area contributed by atoms with Crippen LogP contribution < -0.4 is 9.62 Å². The van der Waals surface area contributed by atoms with E-state index in [0.717, 1.165) is 4.31 Å². The van der Waals surface area contributed by atoms with Crippen LogP contribution in [-0.2, 0) is 26.2 Å². The molecule has 0 aliphatic heterocycles. The van der Waals surface area contributed by atoms with Gasteiger partial charge in [0.15, 0.2) is 0 Å². The van der Waals surface area contributed by atoms with Gasteiger partial charge in [0.05, 0.1) is 20.6 Å². The molecule has 39 heavy (non-hydrogen) atoms. The third-order valence-electron chi connectivity index (χ3n) is 6.27. The van der Waals surface area contributed by atoms with Gasteiger partial charge in [0, 0.05) is 17.6 Å². The summed E-state index contributed by atoms with van der Waals surface area (Å²) < 4.78 is 28.5. The number of hydrogen-bond donors (Lipinski definition) is 1. The summed E-state index contributed by atoms with van der Waals surface area (Å²) >= 11 is 18.7. The van der Waals surface area contributed by atoms with Crippen molar-refractivity contribution >= 4 is 62.3 Å². The first-order valence-corrected chi connectivity index (χ1v) is 14.9. The fourth-order valence-electron chi connectivity index (χ4n) is 3.75. The smallest absolute Gasteiger partial charge is 0.264 e. The Morgan fingerprint density at radius 1 is 0.872 bits per heavy atom. The Morgan fingerprint density at radius 3 is 2.13 bits per heavy atom. The molecule has 1 N–H and O–H groups in total. The highest BCUT2D eigenvalue weighted by atomic mass is 35.5. The third-order valence-corrected chi connectivity index (χ3v) is 9.16. The van der Waals surface area contributed by atoms with Crippen LogP contribution in [0.15, 0.2) is 77.7 Å². The van der Waals surface area contributed by atoms with E-state index in [1.807, 2.05) is 13.8 Å². The molecule has 3 aromatic carbocycles. The lowest BCUT2D eigenvalue weighted by molar-refractivity contribution is -0.139. The van der Waals surface area contributed by atoms with Gasteiger partial charge in [0.1, 0.15) is 12.6 Å². The topological polar surface area (TPSA) is 86.8 Å². The van der Waals surface area contributed by atoms with E-state index in [4.69, 9.17) is 34.8 Å². The molecule has 208 valence electrons. The molecule has 0 aliphatic rings. The predicted octanol–water partition coefficient (Wildman–Crippen LogP) is 6.17. The summed E-state index contributed by atoms with van der Waals surface area (Å²) in [5, 5.41) is 3.67. The first kappa shape index (κ1) is 30.8. The fraction of sp³-hybridized carbons (Fsp3) is 0.286. The number of amides is 2. The zero-order valence-electron chi connectivity index (χ0n) is 21.8. The van der Waals surface area contributed by atoms with Crippen molar-refractivity contribution in [3.05, 3.63) is 93.4 Å². The van der Waals surface area contributed by atoms with Gasteiger partial charge in [-0.15, -0.1) is 0 Å². The minimum absolute atomic E-state index is 0.00576. The summed E-state index contributed by atoms with van der Waals surface area (Å²) in [4.78, 5) is 28.3. The number of nitrogens with one attached hydrogen (secondary N) is 1. The number of sulfonamides is 1. The van der Waals surface area contributed by atoms with Crippen LogP contribution in [0.2, 0.25) is 15.1 Å². The van der Waals surface area contributed by atoms with E-state index in [1.54, 1.807) is 49.4 Å².